The minimum absolute atomic E-state index is 0.190. The van der Waals surface area contributed by atoms with Crippen LogP contribution < -0.4 is 10.6 Å². The Balaban J connectivity index is 2.80. The van der Waals surface area contributed by atoms with Crippen molar-refractivity contribution in [1.29, 1.82) is 0 Å². The molecule has 0 aliphatic rings. The predicted molar refractivity (Wildman–Crippen MR) is 73.7 cm³/mol. The lowest BCUT2D eigenvalue weighted by Crippen LogP contribution is -2.36. The van der Waals surface area contributed by atoms with Crippen LogP contribution in [0.4, 0.5) is 10.5 Å². The van der Waals surface area contributed by atoms with E-state index in [1.807, 2.05) is 7.05 Å². The summed E-state index contributed by atoms with van der Waals surface area (Å²) in [5, 5.41) is 14.7. The topological polar surface area (TPSA) is 81.7 Å². The van der Waals surface area contributed by atoms with Gasteiger partial charge in [0, 0.05) is 25.8 Å². The second-order valence-electron chi connectivity index (χ2n) is 4.24. The second-order valence-corrected chi connectivity index (χ2v) is 4.24. The van der Waals surface area contributed by atoms with E-state index in [0.29, 0.717) is 24.3 Å². The third-order valence-electron chi connectivity index (χ3n) is 2.85. The Morgan fingerprint density at radius 3 is 2.63 bits per heavy atom. The van der Waals surface area contributed by atoms with Gasteiger partial charge in [-0.3, -0.25) is 0 Å². The first kappa shape index (κ1) is 15.0. The molecule has 3 N–H and O–H groups in total. The van der Waals surface area contributed by atoms with Crippen LogP contribution in [0, 0.1) is 6.92 Å². The predicted octanol–water partition coefficient (Wildman–Crippen LogP) is 1.38. The first-order valence-electron chi connectivity index (χ1n) is 5.97. The van der Waals surface area contributed by atoms with Gasteiger partial charge in [0.2, 0.25) is 0 Å². The van der Waals surface area contributed by atoms with Crippen molar-refractivity contribution in [2.45, 2.75) is 6.92 Å². The molecule has 2 amide bonds. The van der Waals surface area contributed by atoms with Gasteiger partial charge in [0.15, 0.2) is 0 Å². The van der Waals surface area contributed by atoms with Crippen molar-refractivity contribution in [3.8, 4) is 0 Å². The van der Waals surface area contributed by atoms with Gasteiger partial charge in [-0.2, -0.15) is 0 Å². The van der Waals surface area contributed by atoms with Crippen LogP contribution in [-0.2, 0) is 0 Å². The maximum Gasteiger partial charge on any atom is 0.336 e. The third kappa shape index (κ3) is 3.96. The van der Waals surface area contributed by atoms with Crippen molar-refractivity contribution in [2.24, 2.45) is 0 Å². The van der Waals surface area contributed by atoms with Crippen LogP contribution in [0.2, 0.25) is 0 Å². The lowest BCUT2D eigenvalue weighted by molar-refractivity contribution is 0.0696. The number of anilines is 1. The molecule has 0 fully saturated rings. The molecule has 0 aliphatic carbocycles. The van der Waals surface area contributed by atoms with Crippen LogP contribution in [0.25, 0.3) is 0 Å². The zero-order valence-electron chi connectivity index (χ0n) is 11.4. The summed E-state index contributed by atoms with van der Waals surface area (Å²) in [4.78, 5) is 24.4. The highest BCUT2D eigenvalue weighted by Crippen LogP contribution is 2.19. The normalized spacial score (nSPS) is 10.1. The van der Waals surface area contributed by atoms with E-state index >= 15 is 0 Å². The number of hydrogen-bond acceptors (Lipinski definition) is 3. The Labute approximate surface area is 112 Å². The summed E-state index contributed by atoms with van der Waals surface area (Å²) in [5.41, 5.74) is 1.25. The third-order valence-corrected chi connectivity index (χ3v) is 2.85. The number of urea groups is 1. The van der Waals surface area contributed by atoms with Gasteiger partial charge in [-0.15, -0.1) is 0 Å². The number of nitrogens with one attached hydrogen (secondary N) is 2. The summed E-state index contributed by atoms with van der Waals surface area (Å²) in [6, 6.07) is 4.55. The molecule has 0 saturated heterocycles. The number of carbonyl (C=O) groups excluding carboxylic acids is 1. The molecule has 19 heavy (non-hydrogen) atoms. The molecular formula is C13H19N3O3. The van der Waals surface area contributed by atoms with Crippen LogP contribution >= 0.6 is 0 Å². The first-order chi connectivity index (χ1) is 8.97. The molecule has 0 spiro atoms. The van der Waals surface area contributed by atoms with Crippen molar-refractivity contribution in [3.63, 3.8) is 0 Å². The number of amides is 2. The molecule has 6 heteroatoms. The number of benzene rings is 1. The van der Waals surface area contributed by atoms with Gasteiger partial charge >= 0.3 is 12.0 Å². The number of carboxylic acid groups (broad SMARTS) is 1. The van der Waals surface area contributed by atoms with Crippen molar-refractivity contribution in [2.75, 3.05) is 32.5 Å². The number of rotatable bonds is 5. The van der Waals surface area contributed by atoms with Gasteiger partial charge in [-0.1, -0.05) is 6.07 Å². The fourth-order valence-electron chi connectivity index (χ4n) is 1.59. The summed E-state index contributed by atoms with van der Waals surface area (Å²) in [5.74, 6) is -1.00. The van der Waals surface area contributed by atoms with E-state index in [2.05, 4.69) is 10.6 Å². The minimum atomic E-state index is -1.00. The van der Waals surface area contributed by atoms with E-state index < -0.39 is 5.97 Å². The zero-order valence-corrected chi connectivity index (χ0v) is 11.4. The Hall–Kier alpha value is -2.08. The molecule has 1 aromatic carbocycles. The second kappa shape index (κ2) is 6.75. The van der Waals surface area contributed by atoms with Crippen LogP contribution in [0.3, 0.4) is 0 Å². The van der Waals surface area contributed by atoms with Crippen molar-refractivity contribution in [1.82, 2.24) is 10.2 Å². The van der Waals surface area contributed by atoms with E-state index in [0.717, 1.165) is 0 Å². The van der Waals surface area contributed by atoms with Crippen LogP contribution in [0.1, 0.15) is 15.9 Å². The number of nitrogens with zero attached hydrogens (tertiary/aromatic N) is 1. The number of carbonyl (C=O) groups is 2. The first-order valence-corrected chi connectivity index (χ1v) is 5.97. The average Bonchev–Trinajstić information content (AvgIpc) is 2.37. The average molecular weight is 265 g/mol. The van der Waals surface area contributed by atoms with Crippen LogP contribution in [-0.4, -0.2) is 49.2 Å². The van der Waals surface area contributed by atoms with E-state index in [4.69, 9.17) is 5.11 Å². The molecule has 6 nitrogen and oxygen atoms in total. The molecule has 1 rings (SSSR count). The lowest BCUT2D eigenvalue weighted by atomic mass is 10.1. The summed E-state index contributed by atoms with van der Waals surface area (Å²) >= 11 is 0. The minimum Gasteiger partial charge on any atom is -0.478 e. The van der Waals surface area contributed by atoms with Crippen LogP contribution in [0.15, 0.2) is 18.2 Å². The van der Waals surface area contributed by atoms with Crippen LogP contribution in [0.5, 0.6) is 0 Å². The van der Waals surface area contributed by atoms with Gasteiger partial charge in [0.05, 0.1) is 5.56 Å². The van der Waals surface area contributed by atoms with Crippen molar-refractivity contribution in [3.05, 3.63) is 29.3 Å². The fraction of sp³-hybridized carbons (Fsp3) is 0.385. The monoisotopic (exact) mass is 265 g/mol. The molecule has 0 bridgehead atoms. The van der Waals surface area contributed by atoms with E-state index in [9.17, 15) is 9.59 Å². The Morgan fingerprint density at radius 1 is 1.37 bits per heavy atom. The summed E-state index contributed by atoms with van der Waals surface area (Å²) < 4.78 is 0. The Kier molecular flexibility index (Phi) is 5.32. The molecule has 104 valence electrons. The molecule has 0 heterocycles. The number of carboxylic acids is 1. The molecule has 0 saturated carbocycles. The maximum atomic E-state index is 11.9. The SMILES string of the molecule is CNCCN(C)C(=O)Nc1cccc(C(=O)O)c1C. The van der Waals surface area contributed by atoms with E-state index in [1.54, 1.807) is 26.1 Å². The van der Waals surface area contributed by atoms with E-state index in [1.165, 1.54) is 11.0 Å². The zero-order chi connectivity index (χ0) is 14.4. The summed E-state index contributed by atoms with van der Waals surface area (Å²) in [6.07, 6.45) is 0. The Morgan fingerprint density at radius 2 is 2.05 bits per heavy atom. The standard InChI is InChI=1S/C13H19N3O3/c1-9-10(12(17)18)5-4-6-11(9)15-13(19)16(3)8-7-14-2/h4-6,14H,7-8H2,1-3H3,(H,15,19)(H,17,18). The molecule has 1 aromatic rings. The fourth-order valence-corrected chi connectivity index (χ4v) is 1.59. The summed E-state index contributed by atoms with van der Waals surface area (Å²) in [6.45, 7) is 2.94. The van der Waals surface area contributed by atoms with Crippen molar-refractivity contribution < 1.29 is 14.7 Å². The number of aromatic carboxylic acids is 1. The lowest BCUT2D eigenvalue weighted by Gasteiger charge is -2.19. The molecule has 0 aliphatic heterocycles. The highest BCUT2D eigenvalue weighted by atomic mass is 16.4. The van der Waals surface area contributed by atoms with Gasteiger partial charge in [0.25, 0.3) is 0 Å². The van der Waals surface area contributed by atoms with E-state index in [-0.39, 0.29) is 11.6 Å². The highest BCUT2D eigenvalue weighted by molar-refractivity contribution is 5.95. The summed E-state index contributed by atoms with van der Waals surface area (Å²) in [7, 11) is 3.50. The van der Waals surface area contributed by atoms with Gasteiger partial charge in [-0.25, -0.2) is 9.59 Å². The smallest absolute Gasteiger partial charge is 0.336 e. The van der Waals surface area contributed by atoms with Gasteiger partial charge in [0.1, 0.15) is 0 Å². The van der Waals surface area contributed by atoms with Crippen molar-refractivity contribution >= 4 is 17.7 Å². The molecule has 0 atom stereocenters. The number of hydrogen-bond donors (Lipinski definition) is 3. The quantitative estimate of drug-likeness (QED) is 0.751. The maximum absolute atomic E-state index is 11.9. The molecule has 0 unspecified atom stereocenters. The Bertz CT molecular complexity index is 474. The molecular weight excluding hydrogens is 246 g/mol. The number of likely N-dealkylation sites (N-methyl/N-ethyl adjacent to an activating group) is 2. The largest absolute Gasteiger partial charge is 0.478 e. The molecule has 0 aromatic heterocycles. The van der Waals surface area contributed by atoms with Gasteiger partial charge < -0.3 is 20.6 Å². The molecule has 0 radical (unpaired) electrons. The highest BCUT2D eigenvalue weighted by Gasteiger charge is 2.13. The van der Waals surface area contributed by atoms with Gasteiger partial charge in [-0.05, 0) is 31.7 Å².